The van der Waals surface area contributed by atoms with Gasteiger partial charge in [-0.15, -0.1) is 0 Å². The fourth-order valence-electron chi connectivity index (χ4n) is 2.20. The van der Waals surface area contributed by atoms with E-state index in [1.165, 1.54) is 13.2 Å². The Labute approximate surface area is 131 Å². The summed E-state index contributed by atoms with van der Waals surface area (Å²) in [5.74, 6) is 3.82. The summed E-state index contributed by atoms with van der Waals surface area (Å²) < 4.78 is 19.8. The molecule has 8 heteroatoms. The predicted octanol–water partition coefficient (Wildman–Crippen LogP) is 1.57. The molecule has 7 nitrogen and oxygen atoms in total. The lowest BCUT2D eigenvalue weighted by atomic mass is 10.0. The van der Waals surface area contributed by atoms with E-state index in [1.807, 2.05) is 13.8 Å². The van der Waals surface area contributed by atoms with Crippen molar-refractivity contribution in [3.8, 4) is 5.69 Å². The van der Waals surface area contributed by atoms with Crippen molar-refractivity contribution in [3.05, 3.63) is 51.7 Å². The Morgan fingerprint density at radius 3 is 2.70 bits per heavy atom. The van der Waals surface area contributed by atoms with Crippen molar-refractivity contribution in [3.63, 3.8) is 0 Å². The Morgan fingerprint density at radius 2 is 2.13 bits per heavy atom. The van der Waals surface area contributed by atoms with Crippen LogP contribution in [0.25, 0.3) is 5.69 Å². The Hall–Kier alpha value is -2.74. The third kappa shape index (κ3) is 3.07. The molecule has 0 saturated carbocycles. The van der Waals surface area contributed by atoms with Gasteiger partial charge in [0.1, 0.15) is 11.5 Å². The summed E-state index contributed by atoms with van der Waals surface area (Å²) in [7, 11) is 1.17. The molecular formula is C15H17FN4O3. The number of hydrogen-bond acceptors (Lipinski definition) is 6. The third-order valence-corrected chi connectivity index (χ3v) is 3.32. The SMILES string of the molecule is COC(=O)c1nn(-c2c(F)cccc2C(C)C)c(=O)cc1NN. The fraction of sp³-hybridized carbons (Fsp3) is 0.267. The van der Waals surface area contributed by atoms with E-state index >= 15 is 0 Å². The smallest absolute Gasteiger partial charge is 0.360 e. The summed E-state index contributed by atoms with van der Waals surface area (Å²) in [6.45, 7) is 3.72. The van der Waals surface area contributed by atoms with Gasteiger partial charge in [0.15, 0.2) is 5.69 Å². The van der Waals surface area contributed by atoms with Crippen molar-refractivity contribution < 1.29 is 13.9 Å². The number of nitrogens with zero attached hydrogens (tertiary/aromatic N) is 2. The Balaban J connectivity index is 2.80. The van der Waals surface area contributed by atoms with E-state index in [1.54, 1.807) is 12.1 Å². The van der Waals surface area contributed by atoms with Crippen LogP contribution in [0.3, 0.4) is 0 Å². The maximum atomic E-state index is 14.3. The molecule has 0 bridgehead atoms. The Morgan fingerprint density at radius 1 is 1.43 bits per heavy atom. The molecule has 0 radical (unpaired) electrons. The number of nitrogen functional groups attached to an aromatic ring is 1. The van der Waals surface area contributed by atoms with Gasteiger partial charge in [0, 0.05) is 6.07 Å². The molecule has 0 amide bonds. The van der Waals surface area contributed by atoms with Crippen LogP contribution >= 0.6 is 0 Å². The van der Waals surface area contributed by atoms with Crippen LogP contribution < -0.4 is 16.8 Å². The topological polar surface area (TPSA) is 99.2 Å². The van der Waals surface area contributed by atoms with Gasteiger partial charge in [-0.2, -0.15) is 9.78 Å². The number of carbonyl (C=O) groups excluding carboxylic acids is 1. The summed E-state index contributed by atoms with van der Waals surface area (Å²) in [6, 6.07) is 5.54. The Bertz CT molecular complexity index is 802. The van der Waals surface area contributed by atoms with Crippen LogP contribution in [0.1, 0.15) is 35.8 Å². The average Bonchev–Trinajstić information content (AvgIpc) is 2.53. The van der Waals surface area contributed by atoms with Crippen molar-refractivity contribution in [1.29, 1.82) is 0 Å². The number of ether oxygens (including phenoxy) is 1. The molecule has 0 atom stereocenters. The Kier molecular flexibility index (Phi) is 4.75. The first-order chi connectivity index (χ1) is 10.9. The van der Waals surface area contributed by atoms with Crippen molar-refractivity contribution in [2.24, 2.45) is 5.84 Å². The molecule has 0 fully saturated rings. The number of rotatable bonds is 4. The monoisotopic (exact) mass is 320 g/mol. The first-order valence-electron chi connectivity index (χ1n) is 6.88. The normalized spacial score (nSPS) is 10.7. The van der Waals surface area contributed by atoms with Crippen LogP contribution in [-0.2, 0) is 4.74 Å². The quantitative estimate of drug-likeness (QED) is 0.504. The average molecular weight is 320 g/mol. The van der Waals surface area contributed by atoms with Crippen LogP contribution in [0.15, 0.2) is 29.1 Å². The third-order valence-electron chi connectivity index (χ3n) is 3.32. The van der Waals surface area contributed by atoms with Crippen LogP contribution in [0.4, 0.5) is 10.1 Å². The van der Waals surface area contributed by atoms with Crippen LogP contribution in [0.2, 0.25) is 0 Å². The number of nitrogens with two attached hydrogens (primary N) is 1. The minimum Gasteiger partial charge on any atom is -0.464 e. The summed E-state index contributed by atoms with van der Waals surface area (Å²) in [5.41, 5.74) is 1.96. The number of para-hydroxylation sites is 1. The van der Waals surface area contributed by atoms with Gasteiger partial charge in [0.05, 0.1) is 12.8 Å². The van der Waals surface area contributed by atoms with Crippen LogP contribution in [0, 0.1) is 5.82 Å². The molecule has 3 N–H and O–H groups in total. The number of methoxy groups -OCH3 is 1. The lowest BCUT2D eigenvalue weighted by Gasteiger charge is -2.16. The van der Waals surface area contributed by atoms with Crippen LogP contribution in [-0.4, -0.2) is 22.9 Å². The van der Waals surface area contributed by atoms with Gasteiger partial charge in [-0.05, 0) is 17.5 Å². The molecule has 0 spiro atoms. The molecule has 2 aromatic rings. The minimum absolute atomic E-state index is 0.000497. The summed E-state index contributed by atoms with van der Waals surface area (Å²) in [6.07, 6.45) is 0. The largest absolute Gasteiger partial charge is 0.464 e. The van der Waals surface area contributed by atoms with Gasteiger partial charge in [-0.1, -0.05) is 26.0 Å². The van der Waals surface area contributed by atoms with E-state index in [0.29, 0.717) is 5.56 Å². The van der Waals surface area contributed by atoms with E-state index in [2.05, 4.69) is 15.3 Å². The second-order valence-corrected chi connectivity index (χ2v) is 5.12. The van der Waals surface area contributed by atoms with E-state index in [-0.39, 0.29) is 23.0 Å². The van der Waals surface area contributed by atoms with E-state index in [9.17, 15) is 14.0 Å². The van der Waals surface area contributed by atoms with E-state index in [4.69, 9.17) is 5.84 Å². The molecule has 23 heavy (non-hydrogen) atoms. The molecule has 1 aromatic carbocycles. The molecular weight excluding hydrogens is 303 g/mol. The van der Waals surface area contributed by atoms with Gasteiger partial charge in [0.2, 0.25) is 0 Å². The van der Waals surface area contributed by atoms with Gasteiger partial charge in [0.25, 0.3) is 5.56 Å². The number of carbonyl (C=O) groups is 1. The number of esters is 1. The van der Waals surface area contributed by atoms with Gasteiger partial charge >= 0.3 is 5.97 Å². The van der Waals surface area contributed by atoms with Crippen molar-refractivity contribution in [1.82, 2.24) is 9.78 Å². The number of hydrazine groups is 1. The number of halogens is 1. The second-order valence-electron chi connectivity index (χ2n) is 5.12. The molecule has 122 valence electrons. The zero-order valence-corrected chi connectivity index (χ0v) is 13.0. The number of benzene rings is 1. The molecule has 0 aliphatic rings. The molecule has 0 aliphatic heterocycles. The van der Waals surface area contributed by atoms with Crippen LogP contribution in [0.5, 0.6) is 0 Å². The standard InChI is InChI=1S/C15H17FN4O3/c1-8(2)9-5-4-6-10(16)14(9)20-12(21)7-11(18-17)13(19-20)15(22)23-3/h4-8,18H,17H2,1-3H3. The van der Waals surface area contributed by atoms with Gasteiger partial charge in [-0.3, -0.25) is 10.6 Å². The highest BCUT2D eigenvalue weighted by Gasteiger charge is 2.21. The molecule has 0 saturated heterocycles. The van der Waals surface area contributed by atoms with Gasteiger partial charge in [-0.25, -0.2) is 9.18 Å². The molecule has 1 heterocycles. The van der Waals surface area contributed by atoms with E-state index < -0.39 is 17.3 Å². The zero-order valence-electron chi connectivity index (χ0n) is 13.0. The maximum Gasteiger partial charge on any atom is 0.360 e. The highest BCUT2D eigenvalue weighted by molar-refractivity contribution is 5.93. The molecule has 1 aromatic heterocycles. The zero-order chi connectivity index (χ0) is 17.1. The maximum absolute atomic E-state index is 14.3. The highest BCUT2D eigenvalue weighted by atomic mass is 19.1. The molecule has 0 unspecified atom stereocenters. The predicted molar refractivity (Wildman–Crippen MR) is 83.0 cm³/mol. The number of nitrogens with one attached hydrogen (secondary N) is 1. The van der Waals surface area contributed by atoms with E-state index in [0.717, 1.165) is 10.7 Å². The number of aromatic nitrogens is 2. The highest BCUT2D eigenvalue weighted by Crippen LogP contribution is 2.24. The number of anilines is 1. The fourth-order valence-corrected chi connectivity index (χ4v) is 2.20. The number of hydrogen-bond donors (Lipinski definition) is 2. The first-order valence-corrected chi connectivity index (χ1v) is 6.88. The molecule has 2 rings (SSSR count). The summed E-state index contributed by atoms with van der Waals surface area (Å²) in [5, 5.41) is 3.94. The van der Waals surface area contributed by atoms with Gasteiger partial charge < -0.3 is 10.2 Å². The summed E-state index contributed by atoms with van der Waals surface area (Å²) >= 11 is 0. The van der Waals surface area contributed by atoms with Crippen molar-refractivity contribution in [2.45, 2.75) is 19.8 Å². The lowest BCUT2D eigenvalue weighted by Crippen LogP contribution is -2.28. The lowest BCUT2D eigenvalue weighted by molar-refractivity contribution is 0.0593. The van der Waals surface area contributed by atoms with Crippen molar-refractivity contribution >= 4 is 11.7 Å². The second kappa shape index (κ2) is 6.57. The summed E-state index contributed by atoms with van der Waals surface area (Å²) in [4.78, 5) is 24.1. The molecule has 0 aliphatic carbocycles. The van der Waals surface area contributed by atoms with Crippen molar-refractivity contribution in [2.75, 3.05) is 12.5 Å². The minimum atomic E-state index is -0.797. The first kappa shape index (κ1) is 16.6.